The van der Waals surface area contributed by atoms with Crippen molar-refractivity contribution in [2.24, 2.45) is 0 Å². The number of benzene rings is 1. The Bertz CT molecular complexity index is 686. The lowest BCUT2D eigenvalue weighted by molar-refractivity contribution is -0.132. The predicted octanol–water partition coefficient (Wildman–Crippen LogP) is 2.80. The first-order valence-electron chi connectivity index (χ1n) is 7.54. The van der Waals surface area contributed by atoms with Gasteiger partial charge in [0.05, 0.1) is 6.10 Å². The molecule has 2 heterocycles. The van der Waals surface area contributed by atoms with Crippen molar-refractivity contribution in [3.05, 3.63) is 46.6 Å². The van der Waals surface area contributed by atoms with Crippen molar-refractivity contribution in [1.29, 1.82) is 0 Å². The van der Waals surface area contributed by atoms with E-state index in [1.807, 2.05) is 19.1 Å². The van der Waals surface area contributed by atoms with Crippen molar-refractivity contribution in [2.75, 3.05) is 0 Å². The molecule has 3 rings (SSSR count). The highest BCUT2D eigenvalue weighted by molar-refractivity contribution is 6.30. The van der Waals surface area contributed by atoms with Crippen LogP contribution in [0.4, 0.5) is 0 Å². The Morgan fingerprint density at radius 2 is 2.09 bits per heavy atom. The van der Waals surface area contributed by atoms with Crippen molar-refractivity contribution < 1.29 is 14.1 Å². The van der Waals surface area contributed by atoms with Crippen molar-refractivity contribution >= 4 is 17.5 Å². The Morgan fingerprint density at radius 3 is 2.65 bits per heavy atom. The SMILES string of the molecule is Cc1nc([C@H](NC(=O)[C@H]2CC[C@@H](C)O2)c2ccc(Cl)cc2)no1. The maximum Gasteiger partial charge on any atom is 0.250 e. The molecule has 0 bridgehead atoms. The Hall–Kier alpha value is -1.92. The van der Waals surface area contributed by atoms with Crippen LogP contribution in [0.25, 0.3) is 0 Å². The molecule has 3 atom stereocenters. The van der Waals surface area contributed by atoms with Crippen LogP contribution in [0.2, 0.25) is 5.02 Å². The second-order valence-electron chi connectivity index (χ2n) is 5.68. The molecule has 0 saturated carbocycles. The third kappa shape index (κ3) is 3.71. The predicted molar refractivity (Wildman–Crippen MR) is 84.0 cm³/mol. The smallest absolute Gasteiger partial charge is 0.250 e. The van der Waals surface area contributed by atoms with Crippen LogP contribution in [-0.2, 0) is 9.53 Å². The largest absolute Gasteiger partial charge is 0.365 e. The molecular weight excluding hydrogens is 318 g/mol. The van der Waals surface area contributed by atoms with E-state index in [0.29, 0.717) is 23.2 Å². The van der Waals surface area contributed by atoms with Gasteiger partial charge in [0, 0.05) is 11.9 Å². The first-order chi connectivity index (χ1) is 11.0. The number of ether oxygens (including phenoxy) is 1. The molecule has 1 aliphatic rings. The summed E-state index contributed by atoms with van der Waals surface area (Å²) in [6, 6.07) is 6.68. The quantitative estimate of drug-likeness (QED) is 0.929. The topological polar surface area (TPSA) is 77.2 Å². The molecule has 2 aromatic rings. The summed E-state index contributed by atoms with van der Waals surface area (Å²) >= 11 is 5.93. The molecule has 1 saturated heterocycles. The van der Waals surface area contributed by atoms with Gasteiger partial charge in [-0.25, -0.2) is 0 Å². The van der Waals surface area contributed by atoms with Gasteiger partial charge in [0.25, 0.3) is 0 Å². The Morgan fingerprint density at radius 1 is 1.35 bits per heavy atom. The number of amides is 1. The number of nitrogens with zero attached hydrogens (tertiary/aromatic N) is 2. The molecule has 1 aliphatic heterocycles. The van der Waals surface area contributed by atoms with Gasteiger partial charge in [-0.2, -0.15) is 4.98 Å². The van der Waals surface area contributed by atoms with Gasteiger partial charge in [-0.15, -0.1) is 0 Å². The second-order valence-corrected chi connectivity index (χ2v) is 6.11. The van der Waals surface area contributed by atoms with Crippen LogP contribution in [0, 0.1) is 6.92 Å². The van der Waals surface area contributed by atoms with Crippen molar-refractivity contribution in [2.45, 2.75) is 44.9 Å². The molecule has 0 unspecified atom stereocenters. The monoisotopic (exact) mass is 335 g/mol. The summed E-state index contributed by atoms with van der Waals surface area (Å²) in [6.07, 6.45) is 1.26. The summed E-state index contributed by atoms with van der Waals surface area (Å²) in [5.74, 6) is 0.680. The van der Waals surface area contributed by atoms with Crippen LogP contribution < -0.4 is 5.32 Å². The molecule has 0 spiro atoms. The van der Waals surface area contributed by atoms with Gasteiger partial charge in [0.2, 0.25) is 11.8 Å². The fraction of sp³-hybridized carbons (Fsp3) is 0.438. The maximum absolute atomic E-state index is 12.5. The fourth-order valence-corrected chi connectivity index (χ4v) is 2.74. The van der Waals surface area contributed by atoms with E-state index in [-0.39, 0.29) is 12.0 Å². The third-order valence-corrected chi connectivity index (χ3v) is 4.07. The standard InChI is InChI=1S/C16H18ClN3O3/c1-9-3-8-13(22-9)16(21)19-14(15-18-10(2)23-20-15)11-4-6-12(17)7-5-11/h4-7,9,13-14H,3,8H2,1-2H3,(H,19,21)/t9-,13-,14-/m1/s1. The van der Waals surface area contributed by atoms with Gasteiger partial charge in [-0.3, -0.25) is 4.79 Å². The van der Waals surface area contributed by atoms with E-state index in [0.717, 1.165) is 12.0 Å². The van der Waals surface area contributed by atoms with E-state index >= 15 is 0 Å². The number of carbonyl (C=O) groups is 1. The van der Waals surface area contributed by atoms with Crippen LogP contribution in [0.1, 0.15) is 43.1 Å². The minimum atomic E-state index is -0.503. The molecule has 1 N–H and O–H groups in total. The summed E-state index contributed by atoms with van der Waals surface area (Å²) in [4.78, 5) is 16.7. The second kappa shape index (κ2) is 6.68. The molecule has 23 heavy (non-hydrogen) atoms. The van der Waals surface area contributed by atoms with E-state index in [2.05, 4.69) is 15.5 Å². The highest BCUT2D eigenvalue weighted by Crippen LogP contribution is 2.24. The van der Waals surface area contributed by atoms with Crippen LogP contribution in [0.3, 0.4) is 0 Å². The van der Waals surface area contributed by atoms with E-state index in [1.54, 1.807) is 19.1 Å². The third-order valence-electron chi connectivity index (χ3n) is 3.82. The Balaban J connectivity index is 1.83. The van der Waals surface area contributed by atoms with Gasteiger partial charge in [0.1, 0.15) is 12.1 Å². The first kappa shape index (κ1) is 16.0. The summed E-state index contributed by atoms with van der Waals surface area (Å²) in [5, 5.41) is 7.51. The van der Waals surface area contributed by atoms with Gasteiger partial charge in [-0.1, -0.05) is 28.9 Å². The summed E-state index contributed by atoms with van der Waals surface area (Å²) in [6.45, 7) is 3.67. The van der Waals surface area contributed by atoms with E-state index in [9.17, 15) is 4.79 Å². The zero-order valence-corrected chi connectivity index (χ0v) is 13.7. The number of aromatic nitrogens is 2. The summed E-state index contributed by atoms with van der Waals surface area (Å²) in [5.41, 5.74) is 0.828. The van der Waals surface area contributed by atoms with Gasteiger partial charge in [0.15, 0.2) is 5.82 Å². The minimum Gasteiger partial charge on any atom is -0.365 e. The lowest BCUT2D eigenvalue weighted by Gasteiger charge is -2.19. The van der Waals surface area contributed by atoms with Gasteiger partial charge < -0.3 is 14.6 Å². The molecule has 122 valence electrons. The lowest BCUT2D eigenvalue weighted by Crippen LogP contribution is -2.38. The first-order valence-corrected chi connectivity index (χ1v) is 7.92. The van der Waals surface area contributed by atoms with E-state index in [4.69, 9.17) is 20.9 Å². The zero-order valence-electron chi connectivity index (χ0n) is 13.0. The van der Waals surface area contributed by atoms with Crippen LogP contribution in [-0.4, -0.2) is 28.3 Å². The molecule has 1 aromatic heterocycles. The molecule has 1 amide bonds. The minimum absolute atomic E-state index is 0.104. The number of halogens is 1. The average molecular weight is 336 g/mol. The normalized spacial score (nSPS) is 22.0. The number of hydrogen-bond acceptors (Lipinski definition) is 5. The molecule has 6 nitrogen and oxygen atoms in total. The number of hydrogen-bond donors (Lipinski definition) is 1. The zero-order chi connectivity index (χ0) is 16.4. The van der Waals surface area contributed by atoms with Gasteiger partial charge >= 0.3 is 0 Å². The molecule has 1 fully saturated rings. The number of rotatable bonds is 4. The average Bonchev–Trinajstić information content (AvgIpc) is 3.14. The number of aryl methyl sites for hydroxylation is 1. The highest BCUT2D eigenvalue weighted by Gasteiger charge is 2.31. The van der Waals surface area contributed by atoms with Crippen LogP contribution in [0.5, 0.6) is 0 Å². The lowest BCUT2D eigenvalue weighted by atomic mass is 10.1. The van der Waals surface area contributed by atoms with E-state index in [1.165, 1.54) is 0 Å². The Labute approximate surface area is 139 Å². The Kier molecular flexibility index (Phi) is 4.63. The highest BCUT2D eigenvalue weighted by atomic mass is 35.5. The maximum atomic E-state index is 12.5. The number of nitrogens with one attached hydrogen (secondary N) is 1. The van der Waals surface area contributed by atoms with Crippen molar-refractivity contribution in [3.63, 3.8) is 0 Å². The number of carbonyl (C=O) groups excluding carboxylic acids is 1. The summed E-state index contributed by atoms with van der Waals surface area (Å²) < 4.78 is 10.7. The van der Waals surface area contributed by atoms with Crippen molar-refractivity contribution in [1.82, 2.24) is 15.5 Å². The van der Waals surface area contributed by atoms with Crippen molar-refractivity contribution in [3.8, 4) is 0 Å². The summed E-state index contributed by atoms with van der Waals surface area (Å²) in [7, 11) is 0. The van der Waals surface area contributed by atoms with Gasteiger partial charge in [-0.05, 0) is 37.5 Å². The molecule has 0 radical (unpaired) electrons. The molecule has 1 aromatic carbocycles. The van der Waals surface area contributed by atoms with E-state index < -0.39 is 12.1 Å². The molecular formula is C16H18ClN3O3. The van der Waals surface area contributed by atoms with Crippen LogP contribution >= 0.6 is 11.6 Å². The fourth-order valence-electron chi connectivity index (χ4n) is 2.62. The molecule has 7 heteroatoms. The molecule has 0 aliphatic carbocycles. The van der Waals surface area contributed by atoms with Crippen LogP contribution in [0.15, 0.2) is 28.8 Å².